The minimum Gasteiger partial charge on any atom is -0.464 e. The number of ether oxygens (including phenoxy) is 1. The van der Waals surface area contributed by atoms with Gasteiger partial charge in [0.05, 0.1) is 19.1 Å². The largest absolute Gasteiger partial charge is 0.464 e. The fraction of sp³-hybridized carbons (Fsp3) is 0.889. The summed E-state index contributed by atoms with van der Waals surface area (Å²) >= 11 is 0. The molecule has 134 valence electrons. The monoisotopic (exact) mass is 327 g/mol. The first-order chi connectivity index (χ1) is 11.1. The number of carbonyl (C=O) groups is 2. The van der Waals surface area contributed by atoms with Gasteiger partial charge in [0, 0.05) is 6.42 Å². The van der Waals surface area contributed by atoms with Gasteiger partial charge in [0.1, 0.15) is 6.04 Å². The van der Waals surface area contributed by atoms with Gasteiger partial charge >= 0.3 is 5.97 Å². The summed E-state index contributed by atoms with van der Waals surface area (Å²) in [6, 6.07) is -0.526. The maximum Gasteiger partial charge on any atom is 0.328 e. The SMILES string of the molecule is CCCCCCCCCCC[C@@H](O)CC(=O)N[C@@H]1CCOC1=O. The van der Waals surface area contributed by atoms with Crippen LogP contribution >= 0.6 is 0 Å². The van der Waals surface area contributed by atoms with Gasteiger partial charge in [0.2, 0.25) is 5.91 Å². The van der Waals surface area contributed by atoms with Gasteiger partial charge in [-0.15, -0.1) is 0 Å². The maximum atomic E-state index is 11.7. The molecule has 0 aromatic rings. The first kappa shape index (κ1) is 19.9. The number of unbranched alkanes of at least 4 members (excludes halogenated alkanes) is 8. The van der Waals surface area contributed by atoms with Crippen molar-refractivity contribution in [3.63, 3.8) is 0 Å². The van der Waals surface area contributed by atoms with E-state index in [0.717, 1.165) is 12.8 Å². The topological polar surface area (TPSA) is 75.6 Å². The number of hydrogen-bond donors (Lipinski definition) is 2. The van der Waals surface area contributed by atoms with E-state index < -0.39 is 12.1 Å². The van der Waals surface area contributed by atoms with Crippen LogP contribution in [0.3, 0.4) is 0 Å². The number of rotatable bonds is 13. The molecule has 1 aliphatic rings. The zero-order chi connectivity index (χ0) is 16.9. The molecule has 0 radical (unpaired) electrons. The Morgan fingerprint density at radius 1 is 1.17 bits per heavy atom. The van der Waals surface area contributed by atoms with Crippen LogP contribution in [0, 0.1) is 0 Å². The van der Waals surface area contributed by atoms with Crippen LogP contribution in [-0.2, 0) is 14.3 Å². The number of cyclic esters (lactones) is 1. The highest BCUT2D eigenvalue weighted by Gasteiger charge is 2.28. The average Bonchev–Trinajstić information content (AvgIpc) is 2.90. The lowest BCUT2D eigenvalue weighted by Crippen LogP contribution is -2.39. The van der Waals surface area contributed by atoms with Gasteiger partial charge in [-0.2, -0.15) is 0 Å². The molecule has 5 nitrogen and oxygen atoms in total. The highest BCUT2D eigenvalue weighted by Crippen LogP contribution is 2.13. The molecule has 1 heterocycles. The van der Waals surface area contributed by atoms with Crippen molar-refractivity contribution < 1.29 is 19.4 Å². The number of esters is 1. The van der Waals surface area contributed by atoms with Crippen LogP contribution < -0.4 is 5.32 Å². The van der Waals surface area contributed by atoms with E-state index in [0.29, 0.717) is 19.4 Å². The fourth-order valence-electron chi connectivity index (χ4n) is 2.89. The van der Waals surface area contributed by atoms with Crippen molar-refractivity contribution in [3.8, 4) is 0 Å². The second-order valence-corrected chi connectivity index (χ2v) is 6.55. The third-order valence-corrected chi connectivity index (χ3v) is 4.33. The molecule has 1 rings (SSSR count). The first-order valence-electron chi connectivity index (χ1n) is 9.27. The highest BCUT2D eigenvalue weighted by atomic mass is 16.5. The van der Waals surface area contributed by atoms with Crippen LogP contribution in [0.4, 0.5) is 0 Å². The molecule has 0 saturated carbocycles. The summed E-state index contributed by atoms with van der Waals surface area (Å²) in [4.78, 5) is 23.0. The predicted molar refractivity (Wildman–Crippen MR) is 90.0 cm³/mol. The molecular formula is C18H33NO4. The Morgan fingerprint density at radius 3 is 2.35 bits per heavy atom. The van der Waals surface area contributed by atoms with E-state index in [2.05, 4.69) is 12.2 Å². The number of amides is 1. The van der Waals surface area contributed by atoms with Crippen LogP contribution in [-0.4, -0.2) is 35.7 Å². The van der Waals surface area contributed by atoms with Crippen molar-refractivity contribution in [2.24, 2.45) is 0 Å². The fourth-order valence-corrected chi connectivity index (χ4v) is 2.89. The molecule has 5 heteroatoms. The summed E-state index contributed by atoms with van der Waals surface area (Å²) < 4.78 is 4.79. The van der Waals surface area contributed by atoms with Gasteiger partial charge in [-0.05, 0) is 6.42 Å². The molecule has 1 aliphatic heterocycles. The van der Waals surface area contributed by atoms with Crippen LogP contribution in [0.1, 0.15) is 84.0 Å². The molecule has 0 aromatic carbocycles. The molecule has 2 atom stereocenters. The van der Waals surface area contributed by atoms with Crippen LogP contribution in [0.5, 0.6) is 0 Å². The molecule has 23 heavy (non-hydrogen) atoms. The summed E-state index contributed by atoms with van der Waals surface area (Å²) in [5.41, 5.74) is 0. The number of aliphatic hydroxyl groups excluding tert-OH is 1. The van der Waals surface area contributed by atoms with Crippen molar-refractivity contribution in [1.82, 2.24) is 5.32 Å². The first-order valence-corrected chi connectivity index (χ1v) is 9.27. The van der Waals surface area contributed by atoms with E-state index >= 15 is 0 Å². The van der Waals surface area contributed by atoms with Crippen molar-refractivity contribution in [2.45, 2.75) is 96.1 Å². The smallest absolute Gasteiger partial charge is 0.328 e. The molecule has 0 spiro atoms. The highest BCUT2D eigenvalue weighted by molar-refractivity contribution is 5.85. The number of nitrogens with one attached hydrogen (secondary N) is 1. The normalized spacial score (nSPS) is 18.7. The number of hydrogen-bond acceptors (Lipinski definition) is 4. The van der Waals surface area contributed by atoms with Crippen molar-refractivity contribution >= 4 is 11.9 Å². The summed E-state index contributed by atoms with van der Waals surface area (Å²) in [7, 11) is 0. The average molecular weight is 327 g/mol. The van der Waals surface area contributed by atoms with Gasteiger partial charge < -0.3 is 15.2 Å². The van der Waals surface area contributed by atoms with Gasteiger partial charge in [-0.1, -0.05) is 64.7 Å². The second kappa shape index (κ2) is 12.3. The van der Waals surface area contributed by atoms with Gasteiger partial charge in [-0.3, -0.25) is 4.79 Å². The van der Waals surface area contributed by atoms with E-state index in [1.807, 2.05) is 0 Å². The minimum absolute atomic E-state index is 0.0702. The quantitative estimate of drug-likeness (QED) is 0.403. The molecule has 1 saturated heterocycles. The summed E-state index contributed by atoms with van der Waals surface area (Å²) in [6.45, 7) is 2.59. The van der Waals surface area contributed by atoms with Crippen molar-refractivity contribution in [1.29, 1.82) is 0 Å². The van der Waals surface area contributed by atoms with Crippen molar-refractivity contribution in [3.05, 3.63) is 0 Å². The Kier molecular flexibility index (Phi) is 10.7. The molecule has 2 N–H and O–H groups in total. The standard InChI is InChI=1S/C18H33NO4/c1-2-3-4-5-6-7-8-9-10-11-15(20)14-17(21)19-16-12-13-23-18(16)22/h15-16,20H,2-14H2,1H3,(H,19,21)/t15-,16-/m1/s1. The molecule has 1 amide bonds. The van der Waals surface area contributed by atoms with E-state index in [4.69, 9.17) is 4.74 Å². The van der Waals surface area contributed by atoms with E-state index in [1.165, 1.54) is 44.9 Å². The predicted octanol–water partition coefficient (Wildman–Crippen LogP) is 3.09. The molecule has 0 unspecified atom stereocenters. The van der Waals surface area contributed by atoms with E-state index in [1.54, 1.807) is 0 Å². The lowest BCUT2D eigenvalue weighted by molar-refractivity contribution is -0.141. The molecule has 0 bridgehead atoms. The number of carbonyl (C=O) groups excluding carboxylic acids is 2. The molecule has 0 aliphatic carbocycles. The third kappa shape index (κ3) is 9.59. The molecular weight excluding hydrogens is 294 g/mol. The summed E-state index contributed by atoms with van der Waals surface area (Å²) in [5.74, 6) is -0.635. The summed E-state index contributed by atoms with van der Waals surface area (Å²) in [6.07, 6.45) is 11.8. The zero-order valence-electron chi connectivity index (χ0n) is 14.5. The van der Waals surface area contributed by atoms with E-state index in [9.17, 15) is 14.7 Å². The maximum absolute atomic E-state index is 11.7. The Bertz CT molecular complexity index is 346. The van der Waals surface area contributed by atoms with Crippen LogP contribution in [0.25, 0.3) is 0 Å². The minimum atomic E-state index is -0.614. The Hall–Kier alpha value is -1.10. The third-order valence-electron chi connectivity index (χ3n) is 4.33. The van der Waals surface area contributed by atoms with Gasteiger partial charge in [0.25, 0.3) is 0 Å². The number of aliphatic hydroxyl groups is 1. The Balaban J connectivity index is 1.94. The van der Waals surface area contributed by atoms with E-state index in [-0.39, 0.29) is 18.3 Å². The summed E-state index contributed by atoms with van der Waals surface area (Å²) in [5, 5.41) is 12.5. The van der Waals surface area contributed by atoms with Gasteiger partial charge in [0.15, 0.2) is 0 Å². The molecule has 0 aromatic heterocycles. The Morgan fingerprint density at radius 2 is 1.78 bits per heavy atom. The molecule has 1 fully saturated rings. The van der Waals surface area contributed by atoms with Crippen LogP contribution in [0.2, 0.25) is 0 Å². The lowest BCUT2D eigenvalue weighted by atomic mass is 10.0. The van der Waals surface area contributed by atoms with Crippen molar-refractivity contribution in [2.75, 3.05) is 6.61 Å². The lowest BCUT2D eigenvalue weighted by Gasteiger charge is -2.12. The second-order valence-electron chi connectivity index (χ2n) is 6.55. The van der Waals surface area contributed by atoms with Crippen LogP contribution in [0.15, 0.2) is 0 Å². The zero-order valence-corrected chi connectivity index (χ0v) is 14.5. The Labute approximate surface area is 140 Å². The van der Waals surface area contributed by atoms with Gasteiger partial charge in [-0.25, -0.2) is 4.79 Å².